The van der Waals surface area contributed by atoms with Crippen LogP contribution in [0.15, 0.2) is 27.6 Å². The van der Waals surface area contributed by atoms with Crippen LogP contribution < -0.4 is 15.2 Å². The third-order valence-corrected chi connectivity index (χ3v) is 4.43. The molecule has 0 aliphatic heterocycles. The number of halogens is 2. The van der Waals surface area contributed by atoms with Gasteiger partial charge in [-0.3, -0.25) is 0 Å². The second kappa shape index (κ2) is 8.76. The average molecular weight is 374 g/mol. The van der Waals surface area contributed by atoms with E-state index in [9.17, 15) is 8.42 Å². The van der Waals surface area contributed by atoms with Gasteiger partial charge in [0.05, 0.1) is 16.5 Å². The maximum atomic E-state index is 11.9. The lowest BCUT2D eigenvalue weighted by atomic mass is 10.3. The Morgan fingerprint density at radius 2 is 2.05 bits per heavy atom. The van der Waals surface area contributed by atoms with Crippen LogP contribution in [-0.2, 0) is 10.0 Å². The molecular weight excluding hydrogens is 356 g/mol. The SMILES string of the molecule is COc1ccc(S(=O)(=O)NCCCCN)cc1Br.Cl. The molecule has 0 spiro atoms. The number of unbranched alkanes of at least 4 members (excludes halogenated alkanes) is 1. The lowest BCUT2D eigenvalue weighted by Crippen LogP contribution is -2.25. The number of nitrogens with two attached hydrogens (primary N) is 1. The summed E-state index contributed by atoms with van der Waals surface area (Å²) in [6.45, 7) is 0.957. The highest BCUT2D eigenvalue weighted by molar-refractivity contribution is 9.10. The third-order valence-electron chi connectivity index (χ3n) is 2.36. The summed E-state index contributed by atoms with van der Waals surface area (Å²) in [7, 11) is -1.94. The summed E-state index contributed by atoms with van der Waals surface area (Å²) in [6, 6.07) is 4.64. The fraction of sp³-hybridized carbons (Fsp3) is 0.455. The van der Waals surface area contributed by atoms with E-state index in [2.05, 4.69) is 20.7 Å². The third kappa shape index (κ3) is 5.66. The molecule has 0 atom stereocenters. The van der Waals surface area contributed by atoms with Crippen LogP contribution in [0.2, 0.25) is 0 Å². The van der Waals surface area contributed by atoms with Crippen molar-refractivity contribution in [3.8, 4) is 5.75 Å². The number of rotatable bonds is 7. The van der Waals surface area contributed by atoms with E-state index < -0.39 is 10.0 Å². The highest BCUT2D eigenvalue weighted by atomic mass is 79.9. The van der Waals surface area contributed by atoms with Gasteiger partial charge in [-0.25, -0.2) is 13.1 Å². The van der Waals surface area contributed by atoms with Gasteiger partial charge in [0.2, 0.25) is 10.0 Å². The van der Waals surface area contributed by atoms with E-state index in [1.807, 2.05) is 0 Å². The Hall–Kier alpha value is -0.340. The molecule has 0 aromatic heterocycles. The summed E-state index contributed by atoms with van der Waals surface area (Å²) in [5.74, 6) is 0.595. The van der Waals surface area contributed by atoms with E-state index in [-0.39, 0.29) is 17.3 Å². The first-order chi connectivity index (χ1) is 8.51. The van der Waals surface area contributed by atoms with Gasteiger partial charge in [0, 0.05) is 6.54 Å². The largest absolute Gasteiger partial charge is 0.496 e. The van der Waals surface area contributed by atoms with Gasteiger partial charge >= 0.3 is 0 Å². The van der Waals surface area contributed by atoms with Crippen LogP contribution >= 0.6 is 28.3 Å². The Kier molecular flexibility index (Phi) is 8.60. The maximum Gasteiger partial charge on any atom is 0.240 e. The molecule has 0 saturated carbocycles. The van der Waals surface area contributed by atoms with Gasteiger partial charge in [-0.1, -0.05) is 0 Å². The van der Waals surface area contributed by atoms with Crippen molar-refractivity contribution in [2.45, 2.75) is 17.7 Å². The van der Waals surface area contributed by atoms with Crippen molar-refractivity contribution in [3.05, 3.63) is 22.7 Å². The first-order valence-electron chi connectivity index (χ1n) is 5.54. The lowest BCUT2D eigenvalue weighted by molar-refractivity contribution is 0.411. The molecule has 0 radical (unpaired) electrons. The minimum absolute atomic E-state index is 0. The fourth-order valence-electron chi connectivity index (χ4n) is 1.37. The Morgan fingerprint density at radius 3 is 2.58 bits per heavy atom. The summed E-state index contributed by atoms with van der Waals surface area (Å²) in [5.41, 5.74) is 5.34. The molecule has 0 aliphatic rings. The molecule has 0 aliphatic carbocycles. The monoisotopic (exact) mass is 372 g/mol. The van der Waals surface area contributed by atoms with Crippen LogP contribution in [0.3, 0.4) is 0 Å². The number of hydrogen-bond acceptors (Lipinski definition) is 4. The number of hydrogen-bond donors (Lipinski definition) is 2. The Balaban J connectivity index is 0.00000324. The quantitative estimate of drug-likeness (QED) is 0.715. The normalized spacial score (nSPS) is 10.9. The molecule has 0 saturated heterocycles. The second-order valence-corrected chi connectivity index (χ2v) is 6.31. The zero-order chi connectivity index (χ0) is 13.6. The topological polar surface area (TPSA) is 81.4 Å². The summed E-state index contributed by atoms with van der Waals surface area (Å²) >= 11 is 3.26. The van der Waals surface area contributed by atoms with E-state index in [0.29, 0.717) is 23.3 Å². The maximum absolute atomic E-state index is 11.9. The molecule has 0 heterocycles. The number of sulfonamides is 1. The Labute approximate surface area is 128 Å². The van der Waals surface area contributed by atoms with E-state index in [4.69, 9.17) is 10.5 Å². The molecule has 1 rings (SSSR count). The second-order valence-electron chi connectivity index (χ2n) is 3.69. The molecule has 8 heteroatoms. The molecule has 3 N–H and O–H groups in total. The van der Waals surface area contributed by atoms with Gasteiger partial charge in [0.25, 0.3) is 0 Å². The summed E-state index contributed by atoms with van der Waals surface area (Å²) in [4.78, 5) is 0.211. The smallest absolute Gasteiger partial charge is 0.240 e. The molecule has 0 amide bonds. The van der Waals surface area contributed by atoms with Crippen molar-refractivity contribution in [3.63, 3.8) is 0 Å². The summed E-state index contributed by atoms with van der Waals surface area (Å²) in [5, 5.41) is 0. The van der Waals surface area contributed by atoms with Gasteiger partial charge in [-0.2, -0.15) is 0 Å². The summed E-state index contributed by atoms with van der Waals surface area (Å²) < 4.78 is 32.1. The van der Waals surface area contributed by atoms with Crippen LogP contribution in [0.4, 0.5) is 0 Å². The molecular formula is C11H18BrClN2O3S. The van der Waals surface area contributed by atoms with Crippen molar-refractivity contribution < 1.29 is 13.2 Å². The van der Waals surface area contributed by atoms with Gasteiger partial charge in [-0.05, 0) is 53.5 Å². The lowest BCUT2D eigenvalue weighted by Gasteiger charge is -2.08. The van der Waals surface area contributed by atoms with E-state index >= 15 is 0 Å². The predicted octanol–water partition coefficient (Wildman–Crippen LogP) is 1.90. The van der Waals surface area contributed by atoms with Gasteiger partial charge in [0.15, 0.2) is 0 Å². The molecule has 0 bridgehead atoms. The standard InChI is InChI=1S/C11H17BrN2O3S.ClH/c1-17-11-5-4-9(8-10(11)12)18(15,16)14-7-3-2-6-13;/h4-5,8,14H,2-3,6-7,13H2,1H3;1H. The predicted molar refractivity (Wildman–Crippen MR) is 81.4 cm³/mol. The Bertz CT molecular complexity index is 497. The first-order valence-corrected chi connectivity index (χ1v) is 7.82. The highest BCUT2D eigenvalue weighted by Gasteiger charge is 2.14. The number of benzene rings is 1. The fourth-order valence-corrected chi connectivity index (χ4v) is 3.17. The van der Waals surface area contributed by atoms with Crippen LogP contribution in [0, 0.1) is 0 Å². The number of methoxy groups -OCH3 is 1. The van der Waals surface area contributed by atoms with E-state index in [1.165, 1.54) is 19.2 Å². The van der Waals surface area contributed by atoms with E-state index in [0.717, 1.165) is 12.8 Å². The molecule has 0 fully saturated rings. The number of ether oxygens (including phenoxy) is 1. The van der Waals surface area contributed by atoms with Gasteiger partial charge < -0.3 is 10.5 Å². The van der Waals surface area contributed by atoms with Crippen LogP contribution in [0.5, 0.6) is 5.75 Å². The minimum atomic E-state index is -3.46. The molecule has 19 heavy (non-hydrogen) atoms. The van der Waals surface area contributed by atoms with Crippen molar-refractivity contribution in [2.75, 3.05) is 20.2 Å². The van der Waals surface area contributed by atoms with Crippen LogP contribution in [0.25, 0.3) is 0 Å². The molecule has 0 unspecified atom stereocenters. The number of nitrogens with one attached hydrogen (secondary N) is 1. The van der Waals surface area contributed by atoms with Crippen molar-refractivity contribution in [1.82, 2.24) is 4.72 Å². The Morgan fingerprint density at radius 1 is 1.37 bits per heavy atom. The van der Waals surface area contributed by atoms with Crippen molar-refractivity contribution in [2.24, 2.45) is 5.73 Å². The van der Waals surface area contributed by atoms with Crippen LogP contribution in [-0.4, -0.2) is 28.6 Å². The van der Waals surface area contributed by atoms with Crippen molar-refractivity contribution in [1.29, 1.82) is 0 Å². The molecule has 1 aromatic carbocycles. The zero-order valence-corrected chi connectivity index (χ0v) is 13.8. The first kappa shape index (κ1) is 18.7. The average Bonchev–Trinajstić information content (AvgIpc) is 2.34. The highest BCUT2D eigenvalue weighted by Crippen LogP contribution is 2.27. The van der Waals surface area contributed by atoms with Crippen LogP contribution in [0.1, 0.15) is 12.8 Å². The molecule has 110 valence electrons. The molecule has 5 nitrogen and oxygen atoms in total. The van der Waals surface area contributed by atoms with E-state index in [1.54, 1.807) is 6.07 Å². The summed E-state index contributed by atoms with van der Waals surface area (Å²) in [6.07, 6.45) is 1.53. The minimum Gasteiger partial charge on any atom is -0.496 e. The zero-order valence-electron chi connectivity index (χ0n) is 10.6. The van der Waals surface area contributed by atoms with Gasteiger partial charge in [-0.15, -0.1) is 12.4 Å². The molecule has 1 aromatic rings. The van der Waals surface area contributed by atoms with Gasteiger partial charge in [0.1, 0.15) is 5.75 Å². The van der Waals surface area contributed by atoms with Crippen molar-refractivity contribution >= 4 is 38.4 Å².